The Labute approximate surface area is 134 Å². The molecule has 0 atom stereocenters. The fraction of sp³-hybridized carbons (Fsp3) is 0.467. The predicted molar refractivity (Wildman–Crippen MR) is 83.0 cm³/mol. The van der Waals surface area contributed by atoms with E-state index in [-0.39, 0.29) is 18.9 Å². The van der Waals surface area contributed by atoms with Crippen LogP contribution in [-0.2, 0) is 24.9 Å². The van der Waals surface area contributed by atoms with E-state index in [1.165, 1.54) is 4.68 Å². The van der Waals surface area contributed by atoms with E-state index in [2.05, 4.69) is 10.2 Å². The predicted octanol–water partition coefficient (Wildman–Crippen LogP) is 0.980. The Morgan fingerprint density at radius 2 is 2.00 bits per heavy atom. The molecule has 0 aliphatic carbocycles. The van der Waals surface area contributed by atoms with Crippen molar-refractivity contribution in [3.8, 4) is 0 Å². The molecule has 0 saturated carbocycles. The van der Waals surface area contributed by atoms with Crippen LogP contribution in [0.15, 0.2) is 12.3 Å². The van der Waals surface area contributed by atoms with Gasteiger partial charge in [0, 0.05) is 38.1 Å². The van der Waals surface area contributed by atoms with Gasteiger partial charge in [-0.2, -0.15) is 10.2 Å². The third kappa shape index (κ3) is 3.77. The molecule has 0 radical (unpaired) electrons. The number of aromatic nitrogens is 4. The summed E-state index contributed by atoms with van der Waals surface area (Å²) >= 11 is 0. The van der Waals surface area contributed by atoms with E-state index in [4.69, 9.17) is 5.11 Å². The molecule has 0 fully saturated rings. The summed E-state index contributed by atoms with van der Waals surface area (Å²) in [4.78, 5) is 24.6. The van der Waals surface area contributed by atoms with E-state index in [0.717, 1.165) is 17.0 Å². The Morgan fingerprint density at radius 1 is 1.30 bits per heavy atom. The summed E-state index contributed by atoms with van der Waals surface area (Å²) in [5.74, 6) is -1.10. The first kappa shape index (κ1) is 16.7. The van der Waals surface area contributed by atoms with Gasteiger partial charge >= 0.3 is 5.97 Å². The number of carboxylic acids is 1. The van der Waals surface area contributed by atoms with Crippen LogP contribution in [0.3, 0.4) is 0 Å². The molecule has 2 aromatic rings. The van der Waals surface area contributed by atoms with E-state index >= 15 is 0 Å². The monoisotopic (exact) mass is 319 g/mol. The van der Waals surface area contributed by atoms with Crippen LogP contribution in [0, 0.1) is 13.8 Å². The van der Waals surface area contributed by atoms with Crippen molar-refractivity contribution >= 4 is 11.9 Å². The third-order valence-corrected chi connectivity index (χ3v) is 3.82. The number of carbonyl (C=O) groups is 2. The number of hydrogen-bond donors (Lipinski definition) is 1. The molecule has 8 heteroatoms. The summed E-state index contributed by atoms with van der Waals surface area (Å²) in [6, 6.07) is 1.60. The Balaban J connectivity index is 2.06. The molecule has 0 aliphatic rings. The molecule has 124 valence electrons. The first-order valence-electron chi connectivity index (χ1n) is 7.29. The summed E-state index contributed by atoms with van der Waals surface area (Å²) in [5.41, 5.74) is 3.25. The second-order valence-corrected chi connectivity index (χ2v) is 5.54. The van der Waals surface area contributed by atoms with Crippen molar-refractivity contribution in [2.45, 2.75) is 33.4 Å². The normalized spacial score (nSPS) is 10.8. The number of nitrogens with zero attached hydrogens (tertiary/aromatic N) is 5. The molecule has 1 N–H and O–H groups in total. The maximum Gasteiger partial charge on any atom is 0.305 e. The molecule has 0 aromatic carbocycles. The van der Waals surface area contributed by atoms with Crippen LogP contribution >= 0.6 is 0 Å². The van der Waals surface area contributed by atoms with Gasteiger partial charge in [0.1, 0.15) is 5.69 Å². The Bertz CT molecular complexity index is 732. The molecule has 0 spiro atoms. The summed E-state index contributed by atoms with van der Waals surface area (Å²) in [6.07, 6.45) is 1.59. The molecule has 8 nitrogen and oxygen atoms in total. The van der Waals surface area contributed by atoms with Gasteiger partial charge in [-0.1, -0.05) is 0 Å². The Kier molecular flexibility index (Phi) is 4.83. The fourth-order valence-corrected chi connectivity index (χ4v) is 2.36. The molecular weight excluding hydrogens is 298 g/mol. The molecule has 0 bridgehead atoms. The second kappa shape index (κ2) is 6.64. The van der Waals surface area contributed by atoms with E-state index in [1.807, 2.05) is 20.9 Å². The first-order chi connectivity index (χ1) is 10.8. The van der Waals surface area contributed by atoms with Gasteiger partial charge in [-0.3, -0.25) is 19.0 Å². The summed E-state index contributed by atoms with van der Waals surface area (Å²) in [5, 5.41) is 17.2. The van der Waals surface area contributed by atoms with Gasteiger partial charge < -0.3 is 10.0 Å². The maximum absolute atomic E-state index is 12.4. The molecule has 2 heterocycles. The highest BCUT2D eigenvalue weighted by Gasteiger charge is 2.18. The SMILES string of the molecule is Cc1nn(C)c(C)c1CN(C)C(=O)c1ccn(CCC(=O)O)n1. The average molecular weight is 319 g/mol. The number of aryl methyl sites for hydroxylation is 3. The van der Waals surface area contributed by atoms with Crippen LogP contribution in [0.5, 0.6) is 0 Å². The molecule has 1 amide bonds. The lowest BCUT2D eigenvalue weighted by Crippen LogP contribution is -2.27. The molecule has 2 rings (SSSR count). The smallest absolute Gasteiger partial charge is 0.305 e. The Hall–Kier alpha value is -2.64. The first-order valence-corrected chi connectivity index (χ1v) is 7.29. The lowest BCUT2D eigenvalue weighted by Gasteiger charge is -2.16. The molecule has 0 aliphatic heterocycles. The van der Waals surface area contributed by atoms with Gasteiger partial charge in [-0.05, 0) is 19.9 Å². The Morgan fingerprint density at radius 3 is 2.57 bits per heavy atom. The molecular formula is C15H21N5O3. The van der Waals surface area contributed by atoms with Gasteiger partial charge in [0.2, 0.25) is 0 Å². The van der Waals surface area contributed by atoms with Crippen molar-refractivity contribution in [1.82, 2.24) is 24.5 Å². The zero-order chi connectivity index (χ0) is 17.1. The molecule has 0 unspecified atom stereocenters. The minimum absolute atomic E-state index is 0.0285. The van der Waals surface area contributed by atoms with E-state index < -0.39 is 5.97 Å². The van der Waals surface area contributed by atoms with E-state index in [0.29, 0.717) is 12.2 Å². The molecule has 23 heavy (non-hydrogen) atoms. The minimum Gasteiger partial charge on any atom is -0.481 e. The van der Waals surface area contributed by atoms with Crippen LogP contribution in [0.1, 0.15) is 33.9 Å². The fourth-order valence-electron chi connectivity index (χ4n) is 2.36. The van der Waals surface area contributed by atoms with Gasteiger partial charge in [0.15, 0.2) is 0 Å². The lowest BCUT2D eigenvalue weighted by atomic mass is 10.2. The number of carboxylic acid groups (broad SMARTS) is 1. The highest BCUT2D eigenvalue weighted by atomic mass is 16.4. The van der Waals surface area contributed by atoms with Crippen molar-refractivity contribution < 1.29 is 14.7 Å². The zero-order valence-corrected chi connectivity index (χ0v) is 13.8. The number of hydrogen-bond acceptors (Lipinski definition) is 4. The van der Waals surface area contributed by atoms with Crippen LogP contribution in [0.4, 0.5) is 0 Å². The maximum atomic E-state index is 12.4. The number of aliphatic carboxylic acids is 1. The zero-order valence-electron chi connectivity index (χ0n) is 13.8. The molecule has 0 saturated heterocycles. The quantitative estimate of drug-likeness (QED) is 0.856. The third-order valence-electron chi connectivity index (χ3n) is 3.82. The summed E-state index contributed by atoms with van der Waals surface area (Å²) in [6.45, 7) is 4.58. The molecule has 2 aromatic heterocycles. The van der Waals surface area contributed by atoms with E-state index in [9.17, 15) is 9.59 Å². The second-order valence-electron chi connectivity index (χ2n) is 5.54. The minimum atomic E-state index is -0.895. The van der Waals surface area contributed by atoms with Crippen molar-refractivity contribution in [1.29, 1.82) is 0 Å². The lowest BCUT2D eigenvalue weighted by molar-refractivity contribution is -0.137. The van der Waals surface area contributed by atoms with Crippen molar-refractivity contribution in [2.75, 3.05) is 7.05 Å². The van der Waals surface area contributed by atoms with Gasteiger partial charge in [-0.15, -0.1) is 0 Å². The largest absolute Gasteiger partial charge is 0.481 e. The van der Waals surface area contributed by atoms with Crippen molar-refractivity contribution in [3.05, 3.63) is 34.9 Å². The van der Waals surface area contributed by atoms with Crippen LogP contribution < -0.4 is 0 Å². The van der Waals surface area contributed by atoms with Gasteiger partial charge in [-0.25, -0.2) is 0 Å². The topological polar surface area (TPSA) is 93.2 Å². The van der Waals surface area contributed by atoms with E-state index in [1.54, 1.807) is 28.9 Å². The highest BCUT2D eigenvalue weighted by Crippen LogP contribution is 2.15. The summed E-state index contributed by atoms with van der Waals surface area (Å²) in [7, 11) is 3.59. The van der Waals surface area contributed by atoms with Crippen molar-refractivity contribution in [3.63, 3.8) is 0 Å². The van der Waals surface area contributed by atoms with Crippen LogP contribution in [-0.4, -0.2) is 48.5 Å². The number of amides is 1. The van der Waals surface area contributed by atoms with Crippen LogP contribution in [0.2, 0.25) is 0 Å². The summed E-state index contributed by atoms with van der Waals surface area (Å²) < 4.78 is 3.26. The average Bonchev–Trinajstić information content (AvgIpc) is 3.05. The standard InChI is InChI=1S/C15H21N5O3/c1-10-12(11(2)19(4)16-10)9-18(3)15(23)13-5-7-20(17-13)8-6-14(21)22/h5,7H,6,8-9H2,1-4H3,(H,21,22). The van der Waals surface area contributed by atoms with Crippen molar-refractivity contribution in [2.24, 2.45) is 7.05 Å². The number of rotatable bonds is 6. The van der Waals surface area contributed by atoms with Gasteiger partial charge in [0.25, 0.3) is 5.91 Å². The van der Waals surface area contributed by atoms with Crippen LogP contribution in [0.25, 0.3) is 0 Å². The van der Waals surface area contributed by atoms with Gasteiger partial charge in [0.05, 0.1) is 18.7 Å². The number of carbonyl (C=O) groups excluding carboxylic acids is 1. The highest BCUT2D eigenvalue weighted by molar-refractivity contribution is 5.92.